The highest BCUT2D eigenvalue weighted by Gasteiger charge is 2.49. The Kier molecular flexibility index (Phi) is 2.92. The Morgan fingerprint density at radius 2 is 1.73 bits per heavy atom. The molecule has 0 saturated heterocycles. The summed E-state index contributed by atoms with van der Waals surface area (Å²) in [5.74, 6) is -5.39. The molecule has 0 heterocycles. The van der Waals surface area contributed by atoms with Crippen molar-refractivity contribution in [1.29, 1.82) is 0 Å². The van der Waals surface area contributed by atoms with Crippen molar-refractivity contribution < 1.29 is 23.0 Å². The van der Waals surface area contributed by atoms with Crippen LogP contribution < -0.4 is 0 Å². The van der Waals surface area contributed by atoms with Gasteiger partial charge in [-0.15, -0.1) is 0 Å². The number of rotatable bonds is 4. The summed E-state index contributed by atoms with van der Waals surface area (Å²) in [6, 6.07) is 0. The molecular weight excluding hydrogens is 158 g/mol. The lowest BCUT2D eigenvalue weighted by Gasteiger charge is -2.29. The van der Waals surface area contributed by atoms with Gasteiger partial charge in [0.15, 0.2) is 0 Å². The smallest absolute Gasteiger partial charge is 0.305 e. The second-order valence-corrected chi connectivity index (χ2v) is 2.25. The first-order valence-corrected chi connectivity index (χ1v) is 2.92. The Morgan fingerprint density at radius 1 is 1.27 bits per heavy atom. The fourth-order valence-corrected chi connectivity index (χ4v) is 0.378. The van der Waals surface area contributed by atoms with Crippen LogP contribution >= 0.6 is 0 Å². The maximum Gasteiger partial charge on any atom is 0.305 e. The lowest BCUT2D eigenvalue weighted by molar-refractivity contribution is -0.284. The van der Waals surface area contributed by atoms with Gasteiger partial charge in [0.1, 0.15) is 0 Å². The average molecular weight is 168 g/mol. The molecule has 2 atom stereocenters. The Morgan fingerprint density at radius 3 is 2.00 bits per heavy atom. The van der Waals surface area contributed by atoms with E-state index in [0.717, 1.165) is 21.0 Å². The summed E-state index contributed by atoms with van der Waals surface area (Å²) < 4.78 is 33.8. The third kappa shape index (κ3) is 2.11. The predicted molar refractivity (Wildman–Crippen MR) is 33.2 cm³/mol. The SMILES string of the molecule is COC(C)(F)C(C)(F)OC=O. The van der Waals surface area contributed by atoms with E-state index in [1.54, 1.807) is 0 Å². The van der Waals surface area contributed by atoms with Crippen molar-refractivity contribution in [3.05, 3.63) is 0 Å². The van der Waals surface area contributed by atoms with Crippen LogP contribution in [0.5, 0.6) is 0 Å². The second-order valence-electron chi connectivity index (χ2n) is 2.25. The number of halogens is 2. The van der Waals surface area contributed by atoms with Crippen LogP contribution in [-0.4, -0.2) is 25.3 Å². The Hall–Kier alpha value is -0.710. The summed E-state index contributed by atoms with van der Waals surface area (Å²) in [5.41, 5.74) is 0. The summed E-state index contributed by atoms with van der Waals surface area (Å²) in [4.78, 5) is 9.70. The average Bonchev–Trinajstić information content (AvgIpc) is 1.87. The van der Waals surface area contributed by atoms with Crippen LogP contribution in [0.2, 0.25) is 0 Å². The van der Waals surface area contributed by atoms with Crippen molar-refractivity contribution in [2.45, 2.75) is 25.6 Å². The number of ether oxygens (including phenoxy) is 2. The molecule has 0 saturated carbocycles. The molecule has 3 nitrogen and oxygen atoms in total. The first-order valence-electron chi connectivity index (χ1n) is 2.92. The van der Waals surface area contributed by atoms with E-state index in [-0.39, 0.29) is 6.47 Å². The molecule has 0 bridgehead atoms. The number of carbonyl (C=O) groups excluding carboxylic acids is 1. The molecule has 0 aromatic rings. The number of hydrogen-bond acceptors (Lipinski definition) is 3. The van der Waals surface area contributed by atoms with Crippen LogP contribution in [0.15, 0.2) is 0 Å². The zero-order valence-corrected chi connectivity index (χ0v) is 6.56. The van der Waals surface area contributed by atoms with Gasteiger partial charge in [-0.05, 0) is 0 Å². The summed E-state index contributed by atoms with van der Waals surface area (Å²) in [5, 5.41) is 0. The topological polar surface area (TPSA) is 35.5 Å². The maximum absolute atomic E-state index is 12.9. The molecule has 0 aliphatic heterocycles. The number of hydrogen-bond donors (Lipinski definition) is 0. The molecule has 0 rings (SSSR count). The van der Waals surface area contributed by atoms with E-state index in [1.165, 1.54) is 0 Å². The molecule has 66 valence electrons. The highest BCUT2D eigenvalue weighted by atomic mass is 19.2. The second kappa shape index (κ2) is 3.13. The van der Waals surface area contributed by atoms with Gasteiger partial charge in [0.25, 0.3) is 12.3 Å². The van der Waals surface area contributed by atoms with E-state index in [9.17, 15) is 13.6 Å². The molecule has 0 spiro atoms. The molecule has 0 fully saturated rings. The molecule has 0 N–H and O–H groups in total. The standard InChI is InChI=1S/C6H10F2O3/c1-5(7,10-3)6(2,8)11-4-9/h4H,1-3H3. The minimum atomic E-state index is -2.76. The van der Waals surface area contributed by atoms with Gasteiger partial charge in [0, 0.05) is 21.0 Å². The van der Waals surface area contributed by atoms with E-state index in [2.05, 4.69) is 9.47 Å². The normalized spacial score (nSPS) is 21.5. The van der Waals surface area contributed by atoms with Gasteiger partial charge in [-0.2, -0.15) is 4.39 Å². The summed E-state index contributed by atoms with van der Waals surface area (Å²) in [7, 11) is 0.978. The van der Waals surface area contributed by atoms with Crippen molar-refractivity contribution >= 4 is 6.47 Å². The van der Waals surface area contributed by atoms with Crippen molar-refractivity contribution in [2.24, 2.45) is 0 Å². The van der Waals surface area contributed by atoms with E-state index < -0.39 is 11.7 Å². The molecule has 0 aromatic heterocycles. The Balaban J connectivity index is 4.38. The van der Waals surface area contributed by atoms with E-state index >= 15 is 0 Å². The van der Waals surface area contributed by atoms with E-state index in [4.69, 9.17) is 0 Å². The zero-order valence-electron chi connectivity index (χ0n) is 6.56. The minimum absolute atomic E-state index is 0.170. The van der Waals surface area contributed by atoms with Gasteiger partial charge >= 0.3 is 5.85 Å². The summed E-state index contributed by atoms with van der Waals surface area (Å²) in [6.07, 6.45) is 0. The largest absolute Gasteiger partial charge is 0.425 e. The fraction of sp³-hybridized carbons (Fsp3) is 0.833. The number of methoxy groups -OCH3 is 1. The highest BCUT2D eigenvalue weighted by Crippen LogP contribution is 2.31. The van der Waals surface area contributed by atoms with E-state index in [1.807, 2.05) is 0 Å². The zero-order chi connectivity index (χ0) is 9.12. The van der Waals surface area contributed by atoms with Crippen LogP contribution in [0.1, 0.15) is 13.8 Å². The molecule has 5 heteroatoms. The lowest BCUT2D eigenvalue weighted by atomic mass is 10.2. The van der Waals surface area contributed by atoms with Crippen LogP contribution in [0, 0.1) is 0 Å². The van der Waals surface area contributed by atoms with Gasteiger partial charge < -0.3 is 9.47 Å². The first-order chi connectivity index (χ1) is 4.87. The number of alkyl halides is 2. The molecule has 0 aliphatic carbocycles. The summed E-state index contributed by atoms with van der Waals surface area (Å²) in [6.45, 7) is 1.43. The van der Waals surface area contributed by atoms with Crippen molar-refractivity contribution in [2.75, 3.05) is 7.11 Å². The van der Waals surface area contributed by atoms with E-state index in [0.29, 0.717) is 0 Å². The molecule has 0 aliphatic rings. The molecule has 0 aromatic carbocycles. The van der Waals surface area contributed by atoms with Gasteiger partial charge in [-0.1, -0.05) is 0 Å². The maximum atomic E-state index is 12.9. The molecule has 11 heavy (non-hydrogen) atoms. The minimum Gasteiger partial charge on any atom is -0.425 e. The third-order valence-electron chi connectivity index (χ3n) is 1.45. The monoisotopic (exact) mass is 168 g/mol. The molecule has 0 radical (unpaired) electrons. The van der Waals surface area contributed by atoms with Gasteiger partial charge in [-0.25, -0.2) is 4.39 Å². The quantitative estimate of drug-likeness (QED) is 0.591. The van der Waals surface area contributed by atoms with Gasteiger partial charge in [0.05, 0.1) is 0 Å². The Labute approximate surface area is 63.3 Å². The number of carbonyl (C=O) groups is 1. The molecule has 2 unspecified atom stereocenters. The Bertz CT molecular complexity index is 145. The van der Waals surface area contributed by atoms with Crippen molar-refractivity contribution in [1.82, 2.24) is 0 Å². The first kappa shape index (κ1) is 10.3. The predicted octanol–water partition coefficient (Wildman–Crippen LogP) is 1.18. The van der Waals surface area contributed by atoms with Crippen molar-refractivity contribution in [3.8, 4) is 0 Å². The lowest BCUT2D eigenvalue weighted by Crippen LogP contribution is -2.46. The van der Waals surface area contributed by atoms with Crippen LogP contribution in [-0.2, 0) is 14.3 Å². The third-order valence-corrected chi connectivity index (χ3v) is 1.45. The van der Waals surface area contributed by atoms with Gasteiger partial charge in [-0.3, -0.25) is 4.79 Å². The molecule has 0 amide bonds. The highest BCUT2D eigenvalue weighted by molar-refractivity contribution is 5.38. The summed E-state index contributed by atoms with van der Waals surface area (Å²) >= 11 is 0. The molecular formula is C6H10F2O3. The fourth-order valence-electron chi connectivity index (χ4n) is 0.378. The van der Waals surface area contributed by atoms with Crippen LogP contribution in [0.4, 0.5) is 8.78 Å². The van der Waals surface area contributed by atoms with Crippen molar-refractivity contribution in [3.63, 3.8) is 0 Å². The van der Waals surface area contributed by atoms with Crippen LogP contribution in [0.25, 0.3) is 0 Å². The van der Waals surface area contributed by atoms with Crippen LogP contribution in [0.3, 0.4) is 0 Å². The van der Waals surface area contributed by atoms with Gasteiger partial charge in [0.2, 0.25) is 0 Å².